The lowest BCUT2D eigenvalue weighted by Gasteiger charge is -2.47. The predicted molar refractivity (Wildman–Crippen MR) is 138 cm³/mol. The van der Waals surface area contributed by atoms with E-state index in [4.69, 9.17) is 139 Å². The van der Waals surface area contributed by atoms with Crippen LogP contribution in [0.25, 0.3) is 0 Å². The van der Waals surface area contributed by atoms with Gasteiger partial charge in [-0.25, -0.2) is 0 Å². The minimum absolute atomic E-state index is 0.377. The van der Waals surface area contributed by atoms with Crippen molar-refractivity contribution in [2.45, 2.75) is 70.9 Å². The number of hydrogen-bond acceptors (Lipinski definition) is 0. The van der Waals surface area contributed by atoms with Gasteiger partial charge in [0.15, 0.2) is 26.0 Å². The molecule has 3 aliphatic carbocycles. The fourth-order valence-electron chi connectivity index (χ4n) is 4.55. The van der Waals surface area contributed by atoms with E-state index >= 15 is 0 Å². The number of halogens is 12. The van der Waals surface area contributed by atoms with Crippen LogP contribution in [0.4, 0.5) is 0 Å². The third-order valence-corrected chi connectivity index (χ3v) is 13.6. The van der Waals surface area contributed by atoms with Crippen molar-refractivity contribution in [1.29, 1.82) is 0 Å². The SMILES string of the molecule is ClC1(Cl)C=C(C2(C3=CC(Cl)(Cl)C(Cl)(Cl)C3(Cl)Cl)CCCCCCC2)C(Cl)(Cl)C1(Cl)Cl. The van der Waals surface area contributed by atoms with Crippen LogP contribution in [-0.4, -0.2) is 26.0 Å². The van der Waals surface area contributed by atoms with Crippen molar-refractivity contribution in [3.63, 3.8) is 0 Å². The highest BCUT2D eigenvalue weighted by Crippen LogP contribution is 2.73. The molecule has 0 aromatic rings. The molecule has 0 heterocycles. The van der Waals surface area contributed by atoms with Crippen LogP contribution in [-0.2, 0) is 0 Å². The molecule has 3 aliphatic rings. The topological polar surface area (TPSA) is 0 Å². The summed E-state index contributed by atoms with van der Waals surface area (Å²) in [5, 5.41) is 0. The Morgan fingerprint density at radius 1 is 0.467 bits per heavy atom. The van der Waals surface area contributed by atoms with Crippen molar-refractivity contribution in [1.82, 2.24) is 0 Å². The van der Waals surface area contributed by atoms with Gasteiger partial charge in [-0.05, 0) is 36.1 Å². The molecule has 0 N–H and O–H groups in total. The number of hydrogen-bond donors (Lipinski definition) is 0. The number of rotatable bonds is 2. The maximum absolute atomic E-state index is 6.76. The lowest BCUT2D eigenvalue weighted by Crippen LogP contribution is -2.50. The lowest BCUT2D eigenvalue weighted by atomic mass is 9.65. The molecule has 0 amide bonds. The third kappa shape index (κ3) is 3.85. The molecule has 0 unspecified atom stereocenters. The van der Waals surface area contributed by atoms with Gasteiger partial charge in [0.05, 0.1) is 0 Å². The first-order valence-electron chi connectivity index (χ1n) is 9.13. The van der Waals surface area contributed by atoms with Gasteiger partial charge in [-0.3, -0.25) is 0 Å². The zero-order valence-electron chi connectivity index (χ0n) is 15.1. The molecule has 0 bridgehead atoms. The zero-order chi connectivity index (χ0) is 23.0. The molecular weight excluding hydrogens is 642 g/mol. The van der Waals surface area contributed by atoms with Crippen LogP contribution in [0.2, 0.25) is 0 Å². The highest BCUT2D eigenvalue weighted by molar-refractivity contribution is 6.73. The highest BCUT2D eigenvalue weighted by atomic mass is 35.6. The number of allylic oxidation sites excluding steroid dienone is 4. The van der Waals surface area contributed by atoms with Crippen LogP contribution in [0.3, 0.4) is 0 Å². The summed E-state index contributed by atoms with van der Waals surface area (Å²) in [4.78, 5) is 0. The van der Waals surface area contributed by atoms with Crippen molar-refractivity contribution in [3.8, 4) is 0 Å². The Kier molecular flexibility index (Phi) is 7.82. The smallest absolute Gasteiger partial charge is 0.0941 e. The molecule has 3 rings (SSSR count). The Hall–Kier alpha value is 2.96. The molecular formula is C18H16Cl12. The van der Waals surface area contributed by atoms with E-state index in [0.717, 1.165) is 32.1 Å². The molecule has 0 aromatic heterocycles. The third-order valence-electron chi connectivity index (χ3n) is 6.19. The lowest BCUT2D eigenvalue weighted by molar-refractivity contribution is 0.294. The van der Waals surface area contributed by atoms with Crippen LogP contribution in [0.5, 0.6) is 0 Å². The van der Waals surface area contributed by atoms with Crippen LogP contribution in [0.15, 0.2) is 23.3 Å². The van der Waals surface area contributed by atoms with Crippen molar-refractivity contribution in [2.75, 3.05) is 0 Å². The van der Waals surface area contributed by atoms with Crippen molar-refractivity contribution in [3.05, 3.63) is 23.3 Å². The predicted octanol–water partition coefficient (Wildman–Crippen LogP) is 10.6. The molecule has 1 fully saturated rings. The summed E-state index contributed by atoms with van der Waals surface area (Å²) in [5.41, 5.74) is -0.223. The van der Waals surface area contributed by atoms with E-state index in [1.807, 2.05) is 0 Å². The van der Waals surface area contributed by atoms with Crippen molar-refractivity contribution in [2.24, 2.45) is 5.41 Å². The summed E-state index contributed by atoms with van der Waals surface area (Å²) in [6.07, 6.45) is 8.63. The normalized spacial score (nSPS) is 32.7. The maximum atomic E-state index is 6.76. The van der Waals surface area contributed by atoms with Crippen molar-refractivity contribution < 1.29 is 0 Å². The van der Waals surface area contributed by atoms with Crippen molar-refractivity contribution >= 4 is 139 Å². The molecule has 0 atom stereocenters. The molecule has 172 valence electrons. The first-order valence-corrected chi connectivity index (χ1v) is 13.7. The first-order chi connectivity index (χ1) is 13.4. The first kappa shape index (κ1) is 27.5. The molecule has 0 saturated heterocycles. The standard InChI is InChI=1S/C18H16Cl12/c19-13(20)8-10(15(23,24)17(13,27)28)12(6-4-2-1-3-5-7-12)11-9-14(21,22)18(29,30)16(11,25)26/h8-9H,1-7H2. The second kappa shape index (κ2) is 8.52. The summed E-state index contributed by atoms with van der Waals surface area (Å²) < 4.78 is -11.3. The van der Waals surface area contributed by atoms with E-state index in [0.29, 0.717) is 24.0 Å². The molecule has 1 saturated carbocycles. The molecule has 0 radical (unpaired) electrons. The van der Waals surface area contributed by atoms with Gasteiger partial charge in [0.25, 0.3) is 0 Å². The maximum Gasteiger partial charge on any atom is 0.190 e. The van der Waals surface area contributed by atoms with Gasteiger partial charge in [0, 0.05) is 5.41 Å². The average molecular weight is 658 g/mol. The van der Waals surface area contributed by atoms with Gasteiger partial charge >= 0.3 is 0 Å². The Morgan fingerprint density at radius 2 is 0.767 bits per heavy atom. The minimum atomic E-state index is -1.96. The summed E-state index contributed by atoms with van der Waals surface area (Å²) in [6.45, 7) is 0. The molecule has 30 heavy (non-hydrogen) atoms. The monoisotopic (exact) mass is 652 g/mol. The highest BCUT2D eigenvalue weighted by Gasteiger charge is 2.74. The summed E-state index contributed by atoms with van der Waals surface area (Å²) in [5.74, 6) is 0. The Balaban J connectivity index is 2.30. The van der Waals surface area contributed by atoms with E-state index in [1.165, 1.54) is 12.2 Å². The Morgan fingerprint density at radius 3 is 1.03 bits per heavy atom. The van der Waals surface area contributed by atoms with Gasteiger partial charge in [-0.2, -0.15) is 0 Å². The van der Waals surface area contributed by atoms with Gasteiger partial charge in [-0.1, -0.05) is 171 Å². The molecule has 12 heteroatoms. The summed E-state index contributed by atoms with van der Waals surface area (Å²) in [7, 11) is 0. The van der Waals surface area contributed by atoms with Gasteiger partial charge < -0.3 is 0 Å². The van der Waals surface area contributed by atoms with Crippen LogP contribution in [0.1, 0.15) is 44.9 Å². The van der Waals surface area contributed by atoms with E-state index in [-0.39, 0.29) is 0 Å². The second-order valence-electron chi connectivity index (χ2n) is 8.01. The summed E-state index contributed by atoms with van der Waals surface area (Å²) in [6, 6.07) is 0. The van der Waals surface area contributed by atoms with E-state index in [9.17, 15) is 0 Å². The quantitative estimate of drug-likeness (QED) is 0.205. The summed E-state index contributed by atoms with van der Waals surface area (Å²) >= 11 is 78.8. The Bertz CT molecular complexity index is 710. The van der Waals surface area contributed by atoms with Crippen LogP contribution < -0.4 is 0 Å². The van der Waals surface area contributed by atoms with Gasteiger partial charge in [0.2, 0.25) is 0 Å². The molecule has 0 nitrogen and oxygen atoms in total. The molecule has 0 spiro atoms. The molecule has 0 aromatic carbocycles. The Labute approximate surface area is 236 Å². The van der Waals surface area contributed by atoms with E-state index in [2.05, 4.69) is 0 Å². The second-order valence-corrected chi connectivity index (χ2v) is 16.1. The zero-order valence-corrected chi connectivity index (χ0v) is 24.2. The number of alkyl halides is 12. The largest absolute Gasteiger partial charge is 0.190 e. The fraction of sp³-hybridized carbons (Fsp3) is 0.778. The van der Waals surface area contributed by atoms with E-state index < -0.39 is 31.4 Å². The van der Waals surface area contributed by atoms with Crippen LogP contribution in [0, 0.1) is 5.41 Å². The minimum Gasteiger partial charge on any atom is -0.0941 e. The van der Waals surface area contributed by atoms with Gasteiger partial charge in [0.1, 0.15) is 0 Å². The fourth-order valence-corrected chi connectivity index (χ4v) is 8.11. The molecule has 0 aliphatic heterocycles. The average Bonchev–Trinajstić information content (AvgIpc) is 2.78. The van der Waals surface area contributed by atoms with E-state index in [1.54, 1.807) is 0 Å². The van der Waals surface area contributed by atoms with Crippen LogP contribution >= 0.6 is 139 Å². The van der Waals surface area contributed by atoms with Gasteiger partial charge in [-0.15, -0.1) is 0 Å².